The summed E-state index contributed by atoms with van der Waals surface area (Å²) < 4.78 is 5.58. The Kier molecular flexibility index (Phi) is 7.65. The Morgan fingerprint density at radius 2 is 1.94 bits per heavy atom. The number of rotatable bonds is 3. The van der Waals surface area contributed by atoms with Gasteiger partial charge in [0.1, 0.15) is 0 Å². The van der Waals surface area contributed by atoms with E-state index < -0.39 is 0 Å². The number of H-pyrrole nitrogens is 1. The number of carbonyl (C=O) groups is 1. The summed E-state index contributed by atoms with van der Waals surface area (Å²) in [7, 11) is 0. The third-order valence-corrected chi connectivity index (χ3v) is 6.77. The Balaban J connectivity index is 1.70. The predicted octanol–water partition coefficient (Wildman–Crippen LogP) is 4.05. The Morgan fingerprint density at radius 3 is 2.73 bits per heavy atom. The van der Waals surface area contributed by atoms with Crippen LogP contribution in [0.3, 0.4) is 0 Å². The van der Waals surface area contributed by atoms with Gasteiger partial charge in [0.05, 0.1) is 0 Å². The molecule has 1 aromatic carbocycles. The molecule has 0 spiro atoms. The van der Waals surface area contributed by atoms with Crippen molar-refractivity contribution in [3.63, 3.8) is 0 Å². The van der Waals surface area contributed by atoms with Crippen LogP contribution in [0.1, 0.15) is 65.3 Å². The number of aromatic amines is 1. The lowest BCUT2D eigenvalue weighted by Gasteiger charge is -2.37. The predicted molar refractivity (Wildman–Crippen MR) is 132 cm³/mol. The topological polar surface area (TPSA) is 74.4 Å². The number of anilines is 1. The lowest BCUT2D eigenvalue weighted by atomic mass is 9.97. The summed E-state index contributed by atoms with van der Waals surface area (Å²) in [5.74, 6) is -0.131. The molecule has 1 amide bonds. The molecule has 0 unspecified atom stereocenters. The molecule has 2 N–H and O–H groups in total. The number of aryl methyl sites for hydroxylation is 2. The third-order valence-electron chi connectivity index (χ3n) is 6.77. The standard InChI is InChI=1S/C27H35N3O3/c1-3-30(21-13-15-33-16-14-21)25-12-8-11-23-22(25)10-7-5-4-6-9-20-17-19(2)29-27(32)24(20)18-28-26(23)31/h5,7-8,11-12,17,21H,3-4,6,9-10,13-16,18H2,1-2H3,(H,28,31)(H,29,32)/b7-5+. The van der Waals surface area contributed by atoms with Crippen molar-refractivity contribution in [1.82, 2.24) is 10.3 Å². The van der Waals surface area contributed by atoms with E-state index in [0.29, 0.717) is 23.6 Å². The number of nitrogens with one attached hydrogen (secondary N) is 2. The van der Waals surface area contributed by atoms with E-state index in [1.807, 2.05) is 25.1 Å². The summed E-state index contributed by atoms with van der Waals surface area (Å²) in [4.78, 5) is 31.3. The van der Waals surface area contributed by atoms with E-state index >= 15 is 0 Å². The molecule has 1 fully saturated rings. The number of hydrogen-bond acceptors (Lipinski definition) is 4. The molecule has 0 atom stereocenters. The summed E-state index contributed by atoms with van der Waals surface area (Å²) in [5.41, 5.74) is 5.30. The van der Waals surface area contributed by atoms with Gasteiger partial charge in [0.25, 0.3) is 11.5 Å². The second-order valence-corrected chi connectivity index (χ2v) is 8.97. The van der Waals surface area contributed by atoms with Gasteiger partial charge in [-0.05, 0) is 81.7 Å². The van der Waals surface area contributed by atoms with E-state index in [2.05, 4.69) is 40.3 Å². The van der Waals surface area contributed by atoms with Gasteiger partial charge in [-0.25, -0.2) is 0 Å². The number of aromatic nitrogens is 1. The SMILES string of the molecule is CCN(c1cccc2c1C/C=C/CCCc1cc(C)[nH]c(=O)c1CNC2=O)C1CCOCC1. The second kappa shape index (κ2) is 10.8. The van der Waals surface area contributed by atoms with Gasteiger partial charge in [-0.2, -0.15) is 0 Å². The number of benzene rings is 1. The minimum atomic E-state index is -0.131. The van der Waals surface area contributed by atoms with Crippen LogP contribution in [0.4, 0.5) is 5.69 Å². The van der Waals surface area contributed by atoms with E-state index in [1.165, 1.54) is 0 Å². The van der Waals surface area contributed by atoms with Crippen molar-refractivity contribution in [3.8, 4) is 0 Å². The fourth-order valence-electron chi connectivity index (χ4n) is 5.09. The van der Waals surface area contributed by atoms with Crippen molar-refractivity contribution in [2.75, 3.05) is 24.7 Å². The molecular weight excluding hydrogens is 414 g/mol. The smallest absolute Gasteiger partial charge is 0.253 e. The van der Waals surface area contributed by atoms with Gasteiger partial charge in [0, 0.05) is 54.9 Å². The second-order valence-electron chi connectivity index (χ2n) is 8.97. The summed E-state index contributed by atoms with van der Waals surface area (Å²) >= 11 is 0. The van der Waals surface area contributed by atoms with Gasteiger partial charge < -0.3 is 19.9 Å². The van der Waals surface area contributed by atoms with E-state index in [-0.39, 0.29) is 18.0 Å². The van der Waals surface area contributed by atoms with Crippen LogP contribution in [0, 0.1) is 6.92 Å². The van der Waals surface area contributed by atoms with Crippen molar-refractivity contribution in [3.05, 3.63) is 74.7 Å². The first-order valence-corrected chi connectivity index (χ1v) is 12.2. The van der Waals surface area contributed by atoms with E-state index in [9.17, 15) is 9.59 Å². The van der Waals surface area contributed by atoms with E-state index in [4.69, 9.17) is 4.74 Å². The van der Waals surface area contributed by atoms with Crippen LogP contribution in [-0.2, 0) is 24.1 Å². The van der Waals surface area contributed by atoms with Crippen LogP contribution in [0.5, 0.6) is 0 Å². The number of pyridine rings is 1. The van der Waals surface area contributed by atoms with E-state index in [0.717, 1.165) is 74.4 Å². The van der Waals surface area contributed by atoms with Gasteiger partial charge in [-0.3, -0.25) is 9.59 Å². The molecule has 0 saturated carbocycles. The molecule has 4 rings (SSSR count). The van der Waals surface area contributed by atoms with Crippen LogP contribution in [0.2, 0.25) is 0 Å². The molecule has 6 heteroatoms. The molecule has 6 nitrogen and oxygen atoms in total. The molecule has 2 aliphatic heterocycles. The average molecular weight is 450 g/mol. The number of fused-ring (bicyclic) bond motifs is 2. The van der Waals surface area contributed by atoms with E-state index in [1.54, 1.807) is 0 Å². The molecular formula is C27H35N3O3. The largest absolute Gasteiger partial charge is 0.381 e. The Labute approximate surface area is 196 Å². The lowest BCUT2D eigenvalue weighted by molar-refractivity contribution is 0.0845. The van der Waals surface area contributed by atoms with Crippen molar-refractivity contribution >= 4 is 11.6 Å². The molecule has 3 heterocycles. The molecule has 0 radical (unpaired) electrons. The van der Waals surface area contributed by atoms with Crippen LogP contribution >= 0.6 is 0 Å². The Hall–Kier alpha value is -2.86. The first-order valence-electron chi connectivity index (χ1n) is 12.2. The highest BCUT2D eigenvalue weighted by molar-refractivity contribution is 5.97. The molecule has 33 heavy (non-hydrogen) atoms. The summed E-state index contributed by atoms with van der Waals surface area (Å²) in [6.45, 7) is 6.76. The molecule has 0 aliphatic carbocycles. The maximum absolute atomic E-state index is 13.3. The minimum absolute atomic E-state index is 0.110. The monoisotopic (exact) mass is 449 g/mol. The molecule has 0 bridgehead atoms. The Morgan fingerprint density at radius 1 is 1.12 bits per heavy atom. The van der Waals surface area contributed by atoms with Crippen molar-refractivity contribution < 1.29 is 9.53 Å². The summed E-state index contributed by atoms with van der Waals surface area (Å²) in [6, 6.07) is 8.47. The highest BCUT2D eigenvalue weighted by atomic mass is 16.5. The Bertz CT molecular complexity index is 1070. The van der Waals surface area contributed by atoms with Crippen LogP contribution in [0.15, 0.2) is 41.2 Å². The first-order chi connectivity index (χ1) is 16.1. The number of amides is 1. The van der Waals surface area contributed by atoms with Gasteiger partial charge in [0.2, 0.25) is 0 Å². The zero-order valence-electron chi connectivity index (χ0n) is 19.8. The minimum Gasteiger partial charge on any atom is -0.381 e. The fourth-order valence-corrected chi connectivity index (χ4v) is 5.09. The highest BCUT2D eigenvalue weighted by Gasteiger charge is 2.25. The number of allylic oxidation sites excluding steroid dienone is 2. The molecule has 1 aromatic heterocycles. The lowest BCUT2D eigenvalue weighted by Crippen LogP contribution is -2.40. The first kappa shape index (κ1) is 23.3. The maximum Gasteiger partial charge on any atom is 0.253 e. The van der Waals surface area contributed by atoms with Crippen molar-refractivity contribution in [1.29, 1.82) is 0 Å². The van der Waals surface area contributed by atoms with Gasteiger partial charge >= 0.3 is 0 Å². The summed E-state index contributed by atoms with van der Waals surface area (Å²) in [6.07, 6.45) is 9.85. The maximum atomic E-state index is 13.3. The number of carbonyl (C=O) groups excluding carboxylic acids is 1. The van der Waals surface area contributed by atoms with Crippen LogP contribution in [-0.4, -0.2) is 36.7 Å². The quantitative estimate of drug-likeness (QED) is 0.693. The van der Waals surface area contributed by atoms with Crippen molar-refractivity contribution in [2.24, 2.45) is 0 Å². The molecule has 1 saturated heterocycles. The zero-order chi connectivity index (χ0) is 23.2. The highest BCUT2D eigenvalue weighted by Crippen LogP contribution is 2.30. The normalized spacial score (nSPS) is 18.7. The molecule has 2 aromatic rings. The van der Waals surface area contributed by atoms with Crippen LogP contribution in [0.25, 0.3) is 0 Å². The molecule has 2 aliphatic rings. The van der Waals surface area contributed by atoms with Gasteiger partial charge in [0.15, 0.2) is 0 Å². The van der Waals surface area contributed by atoms with Crippen LogP contribution < -0.4 is 15.8 Å². The number of ether oxygens (including phenoxy) is 1. The van der Waals surface area contributed by atoms with Gasteiger partial charge in [-0.1, -0.05) is 18.2 Å². The van der Waals surface area contributed by atoms with Crippen molar-refractivity contribution in [2.45, 2.75) is 65.0 Å². The average Bonchev–Trinajstić information content (AvgIpc) is 2.83. The summed E-state index contributed by atoms with van der Waals surface area (Å²) in [5, 5.41) is 3.04. The number of hydrogen-bond donors (Lipinski definition) is 2. The number of nitrogens with zero attached hydrogens (tertiary/aromatic N) is 1. The molecule has 176 valence electrons. The third kappa shape index (κ3) is 5.38. The zero-order valence-corrected chi connectivity index (χ0v) is 19.8. The fraction of sp³-hybridized carbons (Fsp3) is 0.481. The van der Waals surface area contributed by atoms with Gasteiger partial charge in [-0.15, -0.1) is 0 Å².